The number of amides is 2. The van der Waals surface area contributed by atoms with Gasteiger partial charge in [0, 0.05) is 22.6 Å². The van der Waals surface area contributed by atoms with Gasteiger partial charge in [-0.2, -0.15) is 0 Å². The molecule has 168 valence electrons. The molecular formula is C24H25BrN2O5. The number of hydrogen-bond donors (Lipinski definition) is 2. The number of hydrogen-bond acceptors (Lipinski definition) is 5. The van der Waals surface area contributed by atoms with Crippen molar-refractivity contribution in [1.82, 2.24) is 10.2 Å². The van der Waals surface area contributed by atoms with Gasteiger partial charge in [-0.15, -0.1) is 0 Å². The van der Waals surface area contributed by atoms with Crippen LogP contribution in [0.4, 0.5) is 0 Å². The summed E-state index contributed by atoms with van der Waals surface area (Å²) in [5, 5.41) is 13.1. The number of benzene rings is 2. The van der Waals surface area contributed by atoms with Crippen molar-refractivity contribution in [1.29, 1.82) is 0 Å². The molecule has 8 heteroatoms. The summed E-state index contributed by atoms with van der Waals surface area (Å²) in [4.78, 5) is 40.2. The van der Waals surface area contributed by atoms with Gasteiger partial charge >= 0.3 is 5.97 Å². The molecule has 4 unspecified atom stereocenters. The predicted molar refractivity (Wildman–Crippen MR) is 121 cm³/mol. The first-order chi connectivity index (χ1) is 15.3. The first kappa shape index (κ1) is 22.5. The SMILES string of the molecule is COc1ccc(Br)cc1C1NC(C)(C(=O)O)C2C(=O)N(CCCc3ccccc3)C(=O)C12. The highest BCUT2D eigenvalue weighted by Gasteiger charge is 2.66. The second-order valence-electron chi connectivity index (χ2n) is 8.44. The average molecular weight is 501 g/mol. The number of carbonyl (C=O) groups excluding carboxylic acids is 2. The van der Waals surface area contributed by atoms with Gasteiger partial charge in [0.2, 0.25) is 11.8 Å². The maximum Gasteiger partial charge on any atom is 0.324 e. The number of imide groups is 1. The Morgan fingerprint density at radius 1 is 1.19 bits per heavy atom. The fourth-order valence-corrected chi connectivity index (χ4v) is 5.30. The Labute approximate surface area is 194 Å². The van der Waals surface area contributed by atoms with E-state index in [0.717, 1.165) is 16.5 Å². The van der Waals surface area contributed by atoms with Crippen molar-refractivity contribution >= 4 is 33.7 Å². The van der Waals surface area contributed by atoms with Gasteiger partial charge in [0.05, 0.1) is 18.9 Å². The minimum atomic E-state index is -1.57. The Bertz CT molecular complexity index is 1060. The standard InChI is InChI=1S/C24H25BrN2O5/c1-24(23(30)31)19-18(20(26-24)16-13-15(25)10-11-17(16)32-2)21(28)27(22(19)29)12-6-9-14-7-4-3-5-8-14/h3-5,7-8,10-11,13,18-20,26H,6,9,12H2,1-2H3,(H,30,31). The molecule has 0 spiro atoms. The summed E-state index contributed by atoms with van der Waals surface area (Å²) in [6.07, 6.45) is 1.34. The van der Waals surface area contributed by atoms with Crippen molar-refractivity contribution in [2.24, 2.45) is 11.8 Å². The summed E-state index contributed by atoms with van der Waals surface area (Å²) in [6, 6.07) is 14.5. The Morgan fingerprint density at radius 3 is 2.56 bits per heavy atom. The molecule has 0 radical (unpaired) electrons. The fourth-order valence-electron chi connectivity index (χ4n) is 4.92. The van der Waals surface area contributed by atoms with Gasteiger partial charge in [0.25, 0.3) is 0 Å². The van der Waals surface area contributed by atoms with Crippen molar-refractivity contribution in [2.45, 2.75) is 31.3 Å². The van der Waals surface area contributed by atoms with Gasteiger partial charge in [-0.05, 0) is 43.5 Å². The smallest absolute Gasteiger partial charge is 0.324 e. The number of nitrogens with one attached hydrogen (secondary N) is 1. The second-order valence-corrected chi connectivity index (χ2v) is 9.35. The third-order valence-electron chi connectivity index (χ3n) is 6.54. The molecule has 2 aliphatic heterocycles. The third kappa shape index (κ3) is 3.71. The van der Waals surface area contributed by atoms with Crippen LogP contribution in [0.2, 0.25) is 0 Å². The number of halogens is 1. The molecule has 2 N–H and O–H groups in total. The average Bonchev–Trinajstić information content (AvgIpc) is 3.23. The lowest BCUT2D eigenvalue weighted by molar-refractivity contribution is -0.150. The van der Waals surface area contributed by atoms with Crippen molar-refractivity contribution in [3.63, 3.8) is 0 Å². The normalized spacial score (nSPS) is 27.0. The number of carbonyl (C=O) groups is 3. The van der Waals surface area contributed by atoms with Crippen LogP contribution in [0.3, 0.4) is 0 Å². The summed E-state index contributed by atoms with van der Waals surface area (Å²) in [7, 11) is 1.52. The predicted octanol–water partition coefficient (Wildman–Crippen LogP) is 3.18. The molecule has 0 bridgehead atoms. The van der Waals surface area contributed by atoms with Crippen LogP contribution < -0.4 is 10.1 Å². The van der Waals surface area contributed by atoms with Gasteiger partial charge in [-0.1, -0.05) is 46.3 Å². The topological polar surface area (TPSA) is 95.9 Å². The van der Waals surface area contributed by atoms with E-state index >= 15 is 0 Å². The molecule has 2 aliphatic rings. The zero-order valence-corrected chi connectivity index (χ0v) is 19.5. The van der Waals surface area contributed by atoms with Crippen LogP contribution in [0, 0.1) is 11.8 Å². The van der Waals surface area contributed by atoms with Gasteiger partial charge in [-0.3, -0.25) is 24.6 Å². The number of likely N-dealkylation sites (tertiary alicyclic amines) is 1. The van der Waals surface area contributed by atoms with E-state index in [0.29, 0.717) is 17.7 Å². The minimum Gasteiger partial charge on any atom is -0.496 e. The van der Waals surface area contributed by atoms with E-state index in [9.17, 15) is 19.5 Å². The number of fused-ring (bicyclic) bond motifs is 1. The first-order valence-corrected chi connectivity index (χ1v) is 11.3. The number of carboxylic acids is 1. The van der Waals surface area contributed by atoms with Crippen molar-refractivity contribution < 1.29 is 24.2 Å². The zero-order chi connectivity index (χ0) is 23.0. The Kier molecular flexibility index (Phi) is 6.09. The molecular weight excluding hydrogens is 476 g/mol. The lowest BCUT2D eigenvalue weighted by Gasteiger charge is -2.27. The van der Waals surface area contributed by atoms with E-state index in [-0.39, 0.29) is 12.5 Å². The molecule has 2 saturated heterocycles. The lowest BCUT2D eigenvalue weighted by Crippen LogP contribution is -2.53. The summed E-state index contributed by atoms with van der Waals surface area (Å²) < 4.78 is 6.25. The number of carboxylic acid groups (broad SMARTS) is 1. The first-order valence-electron chi connectivity index (χ1n) is 10.5. The van der Waals surface area contributed by atoms with Crippen molar-refractivity contribution in [2.75, 3.05) is 13.7 Å². The molecule has 0 saturated carbocycles. The molecule has 7 nitrogen and oxygen atoms in total. The van der Waals surface area contributed by atoms with E-state index in [2.05, 4.69) is 21.2 Å². The van der Waals surface area contributed by atoms with Crippen LogP contribution in [0.25, 0.3) is 0 Å². The fraction of sp³-hybridized carbons (Fsp3) is 0.375. The molecule has 4 atom stereocenters. The van der Waals surface area contributed by atoms with Gasteiger partial charge < -0.3 is 9.84 Å². The Balaban J connectivity index is 1.64. The highest BCUT2D eigenvalue weighted by molar-refractivity contribution is 9.10. The quantitative estimate of drug-likeness (QED) is 0.566. The largest absolute Gasteiger partial charge is 0.496 e. The molecule has 32 heavy (non-hydrogen) atoms. The summed E-state index contributed by atoms with van der Waals surface area (Å²) in [5.74, 6) is -3.20. The maximum absolute atomic E-state index is 13.4. The van der Waals surface area contributed by atoms with Crippen LogP contribution in [0.1, 0.15) is 30.5 Å². The molecule has 4 rings (SSSR count). The summed E-state index contributed by atoms with van der Waals surface area (Å²) in [6.45, 7) is 1.74. The van der Waals surface area contributed by atoms with E-state index in [4.69, 9.17) is 4.74 Å². The van der Waals surface area contributed by atoms with Crippen LogP contribution in [-0.2, 0) is 20.8 Å². The number of nitrogens with zero attached hydrogens (tertiary/aromatic N) is 1. The molecule has 0 aromatic heterocycles. The Morgan fingerprint density at radius 2 is 1.91 bits per heavy atom. The number of rotatable bonds is 7. The maximum atomic E-state index is 13.4. The van der Waals surface area contributed by atoms with Gasteiger partial charge in [0.1, 0.15) is 11.3 Å². The summed E-state index contributed by atoms with van der Waals surface area (Å²) >= 11 is 3.44. The Hall–Kier alpha value is -2.71. The number of methoxy groups -OCH3 is 1. The van der Waals surface area contributed by atoms with Crippen molar-refractivity contribution in [3.8, 4) is 5.75 Å². The molecule has 2 aromatic carbocycles. The molecule has 2 fully saturated rings. The molecule has 2 amide bonds. The number of aliphatic carboxylic acids is 1. The number of aryl methyl sites for hydroxylation is 1. The van der Waals surface area contributed by atoms with E-state index < -0.39 is 35.3 Å². The van der Waals surface area contributed by atoms with Crippen LogP contribution >= 0.6 is 15.9 Å². The highest BCUT2D eigenvalue weighted by Crippen LogP contribution is 2.50. The van der Waals surface area contributed by atoms with E-state index in [1.54, 1.807) is 12.1 Å². The third-order valence-corrected chi connectivity index (χ3v) is 7.03. The van der Waals surface area contributed by atoms with E-state index in [1.807, 2.05) is 36.4 Å². The molecule has 2 heterocycles. The van der Waals surface area contributed by atoms with Crippen LogP contribution in [0.5, 0.6) is 5.75 Å². The highest BCUT2D eigenvalue weighted by atomic mass is 79.9. The molecule has 0 aliphatic carbocycles. The lowest BCUT2D eigenvalue weighted by atomic mass is 9.80. The van der Waals surface area contributed by atoms with E-state index in [1.165, 1.54) is 18.9 Å². The zero-order valence-electron chi connectivity index (χ0n) is 17.9. The number of ether oxygens (including phenoxy) is 1. The summed E-state index contributed by atoms with van der Waals surface area (Å²) in [5.41, 5.74) is 0.207. The van der Waals surface area contributed by atoms with Gasteiger partial charge in [0.15, 0.2) is 0 Å². The van der Waals surface area contributed by atoms with Crippen LogP contribution in [-0.4, -0.2) is 47.0 Å². The molecule has 2 aromatic rings. The monoisotopic (exact) mass is 500 g/mol. The van der Waals surface area contributed by atoms with Gasteiger partial charge in [-0.25, -0.2) is 0 Å². The van der Waals surface area contributed by atoms with Crippen LogP contribution in [0.15, 0.2) is 53.0 Å². The second kappa shape index (κ2) is 8.67. The van der Waals surface area contributed by atoms with Crippen molar-refractivity contribution in [3.05, 3.63) is 64.1 Å². The minimum absolute atomic E-state index is 0.262.